The topological polar surface area (TPSA) is 93.6 Å². The van der Waals surface area contributed by atoms with E-state index in [1.54, 1.807) is 13.0 Å². The summed E-state index contributed by atoms with van der Waals surface area (Å²) in [6.45, 7) is 2.44. The molecule has 6 nitrogen and oxygen atoms in total. The molecule has 86 valence electrons. The molecule has 1 fully saturated rings. The molecular weight excluding hydrogens is 208 g/mol. The molecule has 0 aliphatic heterocycles. The number of hydrogen-bond acceptors (Lipinski definition) is 5. The van der Waals surface area contributed by atoms with Crippen molar-refractivity contribution < 1.29 is 9.94 Å². The number of rotatable bonds is 4. The number of aromatic nitrogens is 2. The van der Waals surface area contributed by atoms with Crippen LogP contribution in [0.1, 0.15) is 24.2 Å². The van der Waals surface area contributed by atoms with Gasteiger partial charge in [0.05, 0.1) is 6.61 Å². The first-order valence-corrected chi connectivity index (χ1v) is 5.15. The van der Waals surface area contributed by atoms with Crippen LogP contribution < -0.4 is 10.5 Å². The summed E-state index contributed by atoms with van der Waals surface area (Å²) in [4.78, 5) is 8.18. The molecule has 0 amide bonds. The number of hydrogen-bond donors (Lipinski definition) is 2. The molecule has 16 heavy (non-hydrogen) atoms. The molecule has 0 spiro atoms. The van der Waals surface area contributed by atoms with Crippen LogP contribution in [-0.4, -0.2) is 27.6 Å². The van der Waals surface area contributed by atoms with E-state index < -0.39 is 0 Å². The number of ether oxygens (including phenoxy) is 1. The minimum Gasteiger partial charge on any atom is -0.463 e. The molecule has 1 aromatic heterocycles. The van der Waals surface area contributed by atoms with E-state index in [4.69, 9.17) is 15.7 Å². The van der Waals surface area contributed by atoms with E-state index in [-0.39, 0.29) is 11.8 Å². The van der Waals surface area contributed by atoms with Crippen LogP contribution in [-0.2, 0) is 0 Å². The predicted octanol–water partition coefficient (Wildman–Crippen LogP) is 0.668. The van der Waals surface area contributed by atoms with Gasteiger partial charge in [0.2, 0.25) is 0 Å². The third-order valence-electron chi connectivity index (χ3n) is 2.35. The average molecular weight is 222 g/mol. The number of nitrogens with zero attached hydrogens (tertiary/aromatic N) is 3. The molecule has 3 N–H and O–H groups in total. The molecule has 0 bridgehead atoms. The van der Waals surface area contributed by atoms with Crippen LogP contribution in [0, 0.1) is 12.8 Å². The summed E-state index contributed by atoms with van der Waals surface area (Å²) in [6.07, 6.45) is 2.41. The van der Waals surface area contributed by atoms with Gasteiger partial charge in [-0.05, 0) is 31.7 Å². The van der Waals surface area contributed by atoms with E-state index in [0.717, 1.165) is 5.69 Å². The fourth-order valence-electron chi connectivity index (χ4n) is 1.27. The SMILES string of the molecule is Cc1cc(/C(N)=N/O)nc(OCC2CC2)n1. The Hall–Kier alpha value is -1.85. The molecule has 1 aromatic rings. The summed E-state index contributed by atoms with van der Waals surface area (Å²) in [7, 11) is 0. The van der Waals surface area contributed by atoms with E-state index in [2.05, 4.69) is 15.1 Å². The van der Waals surface area contributed by atoms with Gasteiger partial charge < -0.3 is 15.7 Å². The van der Waals surface area contributed by atoms with Crippen molar-refractivity contribution in [2.75, 3.05) is 6.61 Å². The molecule has 0 aromatic carbocycles. The zero-order valence-electron chi connectivity index (χ0n) is 9.05. The van der Waals surface area contributed by atoms with E-state index in [1.807, 2.05) is 0 Å². The van der Waals surface area contributed by atoms with Crippen molar-refractivity contribution in [3.05, 3.63) is 17.5 Å². The van der Waals surface area contributed by atoms with Crippen LogP contribution in [0.4, 0.5) is 0 Å². The van der Waals surface area contributed by atoms with Gasteiger partial charge in [-0.15, -0.1) is 0 Å². The Morgan fingerprint density at radius 3 is 3.00 bits per heavy atom. The molecule has 0 radical (unpaired) electrons. The van der Waals surface area contributed by atoms with E-state index >= 15 is 0 Å². The Labute approximate surface area is 93.2 Å². The van der Waals surface area contributed by atoms with Gasteiger partial charge >= 0.3 is 6.01 Å². The van der Waals surface area contributed by atoms with Gasteiger partial charge in [-0.1, -0.05) is 5.16 Å². The molecule has 1 aliphatic rings. The number of aryl methyl sites for hydroxylation is 1. The minimum atomic E-state index is -0.0400. The van der Waals surface area contributed by atoms with Gasteiger partial charge in [0.15, 0.2) is 5.84 Å². The van der Waals surface area contributed by atoms with Crippen LogP contribution in [0.15, 0.2) is 11.2 Å². The molecule has 1 saturated carbocycles. The monoisotopic (exact) mass is 222 g/mol. The lowest BCUT2D eigenvalue weighted by atomic mass is 10.3. The maximum absolute atomic E-state index is 8.56. The third-order valence-corrected chi connectivity index (χ3v) is 2.35. The van der Waals surface area contributed by atoms with Gasteiger partial charge in [0.25, 0.3) is 0 Å². The maximum Gasteiger partial charge on any atom is 0.317 e. The first-order valence-electron chi connectivity index (χ1n) is 5.15. The summed E-state index contributed by atoms with van der Waals surface area (Å²) >= 11 is 0. The molecule has 0 atom stereocenters. The van der Waals surface area contributed by atoms with Crippen molar-refractivity contribution in [2.45, 2.75) is 19.8 Å². The largest absolute Gasteiger partial charge is 0.463 e. The first kappa shape index (κ1) is 10.7. The van der Waals surface area contributed by atoms with Crippen molar-refractivity contribution >= 4 is 5.84 Å². The van der Waals surface area contributed by atoms with Crippen molar-refractivity contribution in [1.29, 1.82) is 0 Å². The van der Waals surface area contributed by atoms with Crippen molar-refractivity contribution in [3.8, 4) is 6.01 Å². The van der Waals surface area contributed by atoms with Crippen molar-refractivity contribution in [1.82, 2.24) is 9.97 Å². The van der Waals surface area contributed by atoms with Gasteiger partial charge in [0.1, 0.15) is 5.69 Å². The zero-order valence-corrected chi connectivity index (χ0v) is 9.05. The number of nitrogens with two attached hydrogens (primary N) is 1. The summed E-state index contributed by atoms with van der Waals surface area (Å²) < 4.78 is 5.43. The Bertz CT molecular complexity index is 415. The van der Waals surface area contributed by atoms with Crippen LogP contribution >= 0.6 is 0 Å². The minimum absolute atomic E-state index is 0.0400. The van der Waals surface area contributed by atoms with Crippen molar-refractivity contribution in [2.24, 2.45) is 16.8 Å². The normalized spacial score (nSPS) is 16.2. The molecule has 1 aliphatic carbocycles. The lowest BCUT2D eigenvalue weighted by Crippen LogP contribution is -2.16. The summed E-state index contributed by atoms with van der Waals surface area (Å²) in [6, 6.07) is 1.92. The molecule has 2 rings (SSSR count). The average Bonchev–Trinajstić information content (AvgIpc) is 3.08. The number of amidine groups is 1. The lowest BCUT2D eigenvalue weighted by molar-refractivity contribution is 0.275. The number of oxime groups is 1. The molecular formula is C10H14N4O2. The molecule has 6 heteroatoms. The van der Waals surface area contributed by atoms with E-state index in [1.165, 1.54) is 12.8 Å². The fraction of sp³-hybridized carbons (Fsp3) is 0.500. The Kier molecular flexibility index (Phi) is 2.89. The van der Waals surface area contributed by atoms with Gasteiger partial charge in [-0.3, -0.25) is 0 Å². The summed E-state index contributed by atoms with van der Waals surface area (Å²) in [5.41, 5.74) is 6.55. The summed E-state index contributed by atoms with van der Waals surface area (Å²) in [5.74, 6) is 0.596. The highest BCUT2D eigenvalue weighted by Crippen LogP contribution is 2.28. The van der Waals surface area contributed by atoms with Crippen LogP contribution in [0.2, 0.25) is 0 Å². The lowest BCUT2D eigenvalue weighted by Gasteiger charge is -2.05. The summed E-state index contributed by atoms with van der Waals surface area (Å²) in [5, 5.41) is 11.5. The van der Waals surface area contributed by atoms with Gasteiger partial charge in [-0.2, -0.15) is 4.98 Å². The Morgan fingerprint density at radius 2 is 2.38 bits per heavy atom. The predicted molar refractivity (Wildman–Crippen MR) is 57.5 cm³/mol. The third kappa shape index (κ3) is 2.59. The van der Waals surface area contributed by atoms with Crippen LogP contribution in [0.5, 0.6) is 6.01 Å². The van der Waals surface area contributed by atoms with Gasteiger partial charge in [0, 0.05) is 5.69 Å². The van der Waals surface area contributed by atoms with E-state index in [0.29, 0.717) is 18.2 Å². The van der Waals surface area contributed by atoms with Crippen LogP contribution in [0.3, 0.4) is 0 Å². The fourth-order valence-corrected chi connectivity index (χ4v) is 1.27. The Balaban J connectivity index is 2.13. The highest BCUT2D eigenvalue weighted by Gasteiger charge is 2.22. The highest BCUT2D eigenvalue weighted by atomic mass is 16.5. The second kappa shape index (κ2) is 4.34. The molecule has 0 saturated heterocycles. The highest BCUT2D eigenvalue weighted by molar-refractivity contribution is 5.95. The van der Waals surface area contributed by atoms with E-state index in [9.17, 15) is 0 Å². The standard InChI is InChI=1S/C10H14N4O2/c1-6-4-8(9(11)14-15)13-10(12-6)16-5-7-2-3-7/h4,7,15H,2-3,5H2,1H3,(H2,11,14). The molecule has 1 heterocycles. The quantitative estimate of drug-likeness (QED) is 0.338. The van der Waals surface area contributed by atoms with Gasteiger partial charge in [-0.25, -0.2) is 4.98 Å². The second-order valence-corrected chi connectivity index (χ2v) is 3.92. The smallest absolute Gasteiger partial charge is 0.317 e. The van der Waals surface area contributed by atoms with Crippen molar-refractivity contribution in [3.63, 3.8) is 0 Å². The maximum atomic E-state index is 8.56. The molecule has 0 unspecified atom stereocenters. The first-order chi connectivity index (χ1) is 7.69. The zero-order chi connectivity index (χ0) is 11.5. The Morgan fingerprint density at radius 1 is 1.62 bits per heavy atom. The second-order valence-electron chi connectivity index (χ2n) is 3.92. The van der Waals surface area contributed by atoms with Crippen LogP contribution in [0.25, 0.3) is 0 Å².